The van der Waals surface area contributed by atoms with Crippen molar-refractivity contribution in [2.75, 3.05) is 0 Å². The van der Waals surface area contributed by atoms with Crippen molar-refractivity contribution in [3.8, 4) is 10.7 Å². The van der Waals surface area contributed by atoms with E-state index in [2.05, 4.69) is 10.2 Å². The first kappa shape index (κ1) is 14.5. The van der Waals surface area contributed by atoms with Crippen molar-refractivity contribution in [3.63, 3.8) is 0 Å². The van der Waals surface area contributed by atoms with Gasteiger partial charge in [-0.3, -0.25) is 4.57 Å². The maximum Gasteiger partial charge on any atom is 0.296 e. The molecule has 0 aliphatic carbocycles. The Bertz CT molecular complexity index is 711. The van der Waals surface area contributed by atoms with Crippen LogP contribution in [0.5, 0.6) is 0 Å². The van der Waals surface area contributed by atoms with Gasteiger partial charge in [-0.15, -0.1) is 21.5 Å². The second kappa shape index (κ2) is 4.57. The zero-order valence-electron chi connectivity index (χ0n) is 11.0. The highest BCUT2D eigenvalue weighted by molar-refractivity contribution is 8.13. The molecule has 0 N–H and O–H groups in total. The lowest BCUT2D eigenvalue weighted by molar-refractivity contribution is 0.367. The van der Waals surface area contributed by atoms with Crippen molar-refractivity contribution in [2.45, 2.75) is 38.4 Å². The Morgan fingerprint density at radius 1 is 1.32 bits per heavy atom. The fourth-order valence-electron chi connectivity index (χ4n) is 1.78. The van der Waals surface area contributed by atoms with E-state index in [-0.39, 0.29) is 5.16 Å². The van der Waals surface area contributed by atoms with Gasteiger partial charge in [-0.25, -0.2) is 8.42 Å². The number of hydrogen-bond donors (Lipinski definition) is 0. The Morgan fingerprint density at radius 3 is 2.37 bits per heavy atom. The summed E-state index contributed by atoms with van der Waals surface area (Å²) < 4.78 is 24.8. The van der Waals surface area contributed by atoms with Crippen LogP contribution in [-0.2, 0) is 14.6 Å². The summed E-state index contributed by atoms with van der Waals surface area (Å²) in [6, 6.07) is 1.95. The fraction of sp³-hybridized carbons (Fsp3) is 0.455. The Morgan fingerprint density at radius 2 is 1.95 bits per heavy atom. The van der Waals surface area contributed by atoms with Crippen molar-refractivity contribution in [2.24, 2.45) is 0 Å². The van der Waals surface area contributed by atoms with Gasteiger partial charge < -0.3 is 0 Å². The van der Waals surface area contributed by atoms with E-state index >= 15 is 0 Å². The maximum atomic E-state index is 11.6. The molecule has 0 aliphatic rings. The number of halogens is 1. The van der Waals surface area contributed by atoms with Crippen LogP contribution in [0.1, 0.15) is 26.3 Å². The van der Waals surface area contributed by atoms with E-state index in [9.17, 15) is 8.42 Å². The van der Waals surface area contributed by atoms with Gasteiger partial charge in [-0.1, -0.05) is 0 Å². The van der Waals surface area contributed by atoms with Crippen LogP contribution in [0.4, 0.5) is 0 Å². The predicted octanol–water partition coefficient (Wildman–Crippen LogP) is 3.00. The van der Waals surface area contributed by atoms with Gasteiger partial charge in [0, 0.05) is 16.2 Å². The number of aryl methyl sites for hydroxylation is 1. The third kappa shape index (κ3) is 2.68. The van der Waals surface area contributed by atoms with Gasteiger partial charge in [0.05, 0.1) is 4.88 Å². The molecular formula is C11H14ClN3O2S2. The van der Waals surface area contributed by atoms with Gasteiger partial charge in [0.15, 0.2) is 5.82 Å². The van der Waals surface area contributed by atoms with Gasteiger partial charge in [0.1, 0.15) is 0 Å². The van der Waals surface area contributed by atoms with Crippen molar-refractivity contribution in [1.82, 2.24) is 14.8 Å². The maximum absolute atomic E-state index is 11.6. The first-order valence-electron chi connectivity index (χ1n) is 5.57. The monoisotopic (exact) mass is 319 g/mol. The molecule has 0 saturated carbocycles. The van der Waals surface area contributed by atoms with Crippen molar-refractivity contribution in [1.29, 1.82) is 0 Å². The van der Waals surface area contributed by atoms with E-state index in [0.29, 0.717) is 5.82 Å². The highest BCUT2D eigenvalue weighted by atomic mass is 35.7. The van der Waals surface area contributed by atoms with Gasteiger partial charge >= 0.3 is 0 Å². The first-order valence-corrected chi connectivity index (χ1v) is 8.76. The third-order valence-electron chi connectivity index (χ3n) is 2.59. The summed E-state index contributed by atoms with van der Waals surface area (Å²) in [5.41, 5.74) is 0.536. The van der Waals surface area contributed by atoms with Crippen molar-refractivity contribution >= 4 is 31.1 Å². The molecule has 104 valence electrons. The van der Waals surface area contributed by atoms with Gasteiger partial charge in [0.25, 0.3) is 14.2 Å². The highest BCUT2D eigenvalue weighted by Crippen LogP contribution is 2.33. The molecule has 0 unspecified atom stereocenters. The molecule has 0 fully saturated rings. The molecule has 0 aliphatic heterocycles. The second-order valence-electron chi connectivity index (χ2n) is 5.18. The van der Waals surface area contributed by atoms with Crippen LogP contribution < -0.4 is 0 Å². The third-order valence-corrected chi connectivity index (χ3v) is 4.71. The zero-order chi connectivity index (χ0) is 14.4. The van der Waals surface area contributed by atoms with Gasteiger partial charge in [0.2, 0.25) is 0 Å². The molecule has 2 heterocycles. The van der Waals surface area contributed by atoms with E-state index in [0.717, 1.165) is 10.4 Å². The number of thiophene rings is 1. The molecule has 2 rings (SSSR count). The Kier molecular flexibility index (Phi) is 3.49. The second-order valence-corrected chi connectivity index (χ2v) is 8.56. The van der Waals surface area contributed by atoms with Crippen LogP contribution in [0, 0.1) is 6.92 Å². The minimum Gasteiger partial charge on any atom is -0.291 e. The average molecular weight is 320 g/mol. The molecule has 0 amide bonds. The first-order chi connectivity index (χ1) is 8.62. The number of hydrogen-bond acceptors (Lipinski definition) is 5. The topological polar surface area (TPSA) is 64.8 Å². The lowest BCUT2D eigenvalue weighted by Crippen LogP contribution is -2.25. The summed E-state index contributed by atoms with van der Waals surface area (Å²) in [7, 11) is 1.50. The molecule has 0 saturated heterocycles. The van der Waals surface area contributed by atoms with Crippen LogP contribution in [-0.4, -0.2) is 23.2 Å². The SMILES string of the molecule is Cc1ccsc1-c1nnc(S(=O)(=O)Cl)n1C(C)(C)C. The van der Waals surface area contributed by atoms with Crippen molar-refractivity contribution in [3.05, 3.63) is 17.0 Å². The summed E-state index contributed by atoms with van der Waals surface area (Å²) in [4.78, 5) is 0.897. The molecule has 0 atom stereocenters. The number of rotatable bonds is 2. The van der Waals surface area contributed by atoms with Crippen LogP contribution in [0.2, 0.25) is 0 Å². The highest BCUT2D eigenvalue weighted by Gasteiger charge is 2.30. The molecule has 8 heteroatoms. The summed E-state index contributed by atoms with van der Waals surface area (Å²) in [6.45, 7) is 7.60. The smallest absolute Gasteiger partial charge is 0.291 e. The largest absolute Gasteiger partial charge is 0.296 e. The van der Waals surface area contributed by atoms with E-state index < -0.39 is 14.6 Å². The van der Waals surface area contributed by atoms with Crippen LogP contribution in [0.15, 0.2) is 16.6 Å². The molecule has 5 nitrogen and oxygen atoms in total. The van der Waals surface area contributed by atoms with Crippen LogP contribution in [0.3, 0.4) is 0 Å². The number of nitrogens with zero attached hydrogens (tertiary/aromatic N) is 3. The quantitative estimate of drug-likeness (QED) is 0.798. The van der Waals surface area contributed by atoms with Crippen LogP contribution >= 0.6 is 22.0 Å². The summed E-state index contributed by atoms with van der Waals surface area (Å²) >= 11 is 1.50. The lowest BCUT2D eigenvalue weighted by atomic mass is 10.1. The minimum absolute atomic E-state index is 0.218. The molecule has 0 bridgehead atoms. The molecule has 0 aromatic carbocycles. The summed E-state index contributed by atoms with van der Waals surface area (Å²) in [6.07, 6.45) is 0. The van der Waals surface area contributed by atoms with Gasteiger partial charge in [-0.05, 0) is 44.7 Å². The molecular weight excluding hydrogens is 306 g/mol. The van der Waals surface area contributed by atoms with E-state index in [1.807, 2.05) is 39.1 Å². The lowest BCUT2D eigenvalue weighted by Gasteiger charge is -2.23. The summed E-state index contributed by atoms with van der Waals surface area (Å²) in [5.74, 6) is 0.527. The van der Waals surface area contributed by atoms with Crippen LogP contribution in [0.25, 0.3) is 10.7 Å². The van der Waals surface area contributed by atoms with E-state index in [1.165, 1.54) is 11.3 Å². The van der Waals surface area contributed by atoms with E-state index in [1.54, 1.807) is 4.57 Å². The normalized spacial score (nSPS) is 12.9. The minimum atomic E-state index is -3.93. The van der Waals surface area contributed by atoms with E-state index in [4.69, 9.17) is 10.7 Å². The Labute approximate surface area is 120 Å². The standard InChI is InChI=1S/C11H14ClN3O2S2/c1-7-5-6-18-8(7)9-13-14-10(19(12,16)17)15(9)11(2,3)4/h5-6H,1-4H3. The Balaban J connectivity index is 2.79. The fourth-order valence-corrected chi connectivity index (χ4v) is 3.70. The van der Waals surface area contributed by atoms with Gasteiger partial charge in [-0.2, -0.15) is 0 Å². The summed E-state index contributed by atoms with van der Waals surface area (Å²) in [5, 5.41) is 9.48. The van der Waals surface area contributed by atoms with Crippen molar-refractivity contribution < 1.29 is 8.42 Å². The number of aromatic nitrogens is 3. The Hall–Kier alpha value is -0.920. The molecule has 0 spiro atoms. The molecule has 2 aromatic rings. The molecule has 0 radical (unpaired) electrons. The average Bonchev–Trinajstić information content (AvgIpc) is 2.79. The zero-order valence-corrected chi connectivity index (χ0v) is 13.4. The molecule has 19 heavy (non-hydrogen) atoms. The predicted molar refractivity (Wildman–Crippen MR) is 76.1 cm³/mol. The molecule has 2 aromatic heterocycles.